The van der Waals surface area contributed by atoms with Crippen LogP contribution in [0.25, 0.3) is 0 Å². The van der Waals surface area contributed by atoms with E-state index in [1.807, 2.05) is 6.07 Å². The van der Waals surface area contributed by atoms with Gasteiger partial charge >= 0.3 is 0 Å². The van der Waals surface area contributed by atoms with Gasteiger partial charge in [-0.15, -0.1) is 0 Å². The smallest absolute Gasteiger partial charge is 0.103 e. The summed E-state index contributed by atoms with van der Waals surface area (Å²) in [5, 5.41) is 3.80. The Bertz CT molecular complexity index is 336. The number of hydrogen-bond donors (Lipinski definition) is 1. The highest BCUT2D eigenvalue weighted by Gasteiger charge is 2.23. The van der Waals surface area contributed by atoms with Crippen LogP contribution in [0.5, 0.6) is 0 Å². The Hall–Kier alpha value is -0.760. The number of hydrogen-bond acceptors (Lipinski definition) is 2. The topological polar surface area (TPSA) is 25.2 Å². The quantitative estimate of drug-likeness (QED) is 0.822. The van der Waals surface area contributed by atoms with Crippen molar-refractivity contribution in [1.29, 1.82) is 0 Å². The van der Waals surface area contributed by atoms with Gasteiger partial charge in [-0.2, -0.15) is 0 Å². The average molecular weight is 263 g/mol. The summed E-state index contributed by atoms with van der Waals surface area (Å²) in [5.41, 5.74) is 0. The average Bonchev–Trinajstić information content (AvgIpc) is 2.90. The van der Waals surface area contributed by atoms with E-state index in [0.29, 0.717) is 6.04 Å². The highest BCUT2D eigenvalue weighted by Crippen LogP contribution is 2.30. The molecule has 0 amide bonds. The van der Waals surface area contributed by atoms with Gasteiger partial charge in [-0.05, 0) is 63.0 Å². The molecule has 108 valence electrons. The highest BCUT2D eigenvalue weighted by molar-refractivity contribution is 4.98. The standard InChI is InChI=1S/C17H29NO/c1-13(2)15-7-9-16(10-8-15)18-14(3)6-11-17-5-4-12-19-17/h4-5,12-16,18H,6-11H2,1-3H3. The molecule has 19 heavy (non-hydrogen) atoms. The van der Waals surface area contributed by atoms with E-state index in [9.17, 15) is 0 Å². The van der Waals surface area contributed by atoms with E-state index in [0.717, 1.165) is 36.5 Å². The van der Waals surface area contributed by atoms with Crippen molar-refractivity contribution in [3.05, 3.63) is 24.2 Å². The lowest BCUT2D eigenvalue weighted by Crippen LogP contribution is -2.39. The third-order valence-electron chi connectivity index (χ3n) is 4.64. The zero-order chi connectivity index (χ0) is 13.7. The van der Waals surface area contributed by atoms with E-state index in [1.165, 1.54) is 25.7 Å². The Kier molecular flexibility index (Phi) is 5.50. The van der Waals surface area contributed by atoms with Crippen LogP contribution in [-0.2, 0) is 6.42 Å². The highest BCUT2D eigenvalue weighted by atomic mass is 16.3. The number of furan rings is 1. The first-order valence-electron chi connectivity index (χ1n) is 7.93. The SMILES string of the molecule is CC(CCc1ccco1)NC1CCC(C(C)C)CC1. The zero-order valence-electron chi connectivity index (χ0n) is 12.7. The normalized spacial score (nSPS) is 25.7. The number of aryl methyl sites for hydroxylation is 1. The van der Waals surface area contributed by atoms with Crippen LogP contribution in [0.1, 0.15) is 58.6 Å². The molecule has 1 heterocycles. The van der Waals surface area contributed by atoms with Crippen molar-refractivity contribution >= 4 is 0 Å². The van der Waals surface area contributed by atoms with Gasteiger partial charge in [-0.25, -0.2) is 0 Å². The predicted molar refractivity (Wildman–Crippen MR) is 80.2 cm³/mol. The maximum absolute atomic E-state index is 5.39. The Morgan fingerprint density at radius 2 is 1.95 bits per heavy atom. The minimum atomic E-state index is 0.589. The molecule has 0 aliphatic heterocycles. The van der Waals surface area contributed by atoms with Crippen LogP contribution < -0.4 is 5.32 Å². The minimum absolute atomic E-state index is 0.589. The Labute approximate surface area is 118 Å². The maximum atomic E-state index is 5.39. The lowest BCUT2D eigenvalue weighted by atomic mass is 9.79. The third-order valence-corrected chi connectivity index (χ3v) is 4.64. The van der Waals surface area contributed by atoms with Gasteiger partial charge in [0.2, 0.25) is 0 Å². The molecule has 1 N–H and O–H groups in total. The summed E-state index contributed by atoms with van der Waals surface area (Å²) in [6.07, 6.45) is 9.49. The van der Waals surface area contributed by atoms with Gasteiger partial charge in [0.15, 0.2) is 0 Å². The molecule has 0 saturated heterocycles. The molecule has 2 nitrogen and oxygen atoms in total. The van der Waals surface area contributed by atoms with Gasteiger partial charge in [0.05, 0.1) is 6.26 Å². The van der Waals surface area contributed by atoms with Crippen LogP contribution in [0.2, 0.25) is 0 Å². The van der Waals surface area contributed by atoms with Crippen LogP contribution in [0.3, 0.4) is 0 Å². The molecule has 1 aromatic heterocycles. The molecule has 0 aromatic carbocycles. The summed E-state index contributed by atoms with van der Waals surface area (Å²) in [4.78, 5) is 0. The van der Waals surface area contributed by atoms with E-state index < -0.39 is 0 Å². The maximum Gasteiger partial charge on any atom is 0.103 e. The summed E-state index contributed by atoms with van der Waals surface area (Å²) in [6, 6.07) is 5.37. The molecule has 2 rings (SSSR count). The fraction of sp³-hybridized carbons (Fsp3) is 0.765. The molecule has 1 aromatic rings. The van der Waals surface area contributed by atoms with Gasteiger partial charge in [0.1, 0.15) is 5.76 Å². The largest absolute Gasteiger partial charge is 0.469 e. The predicted octanol–water partition coefficient (Wildman–Crippen LogP) is 4.41. The van der Waals surface area contributed by atoms with Gasteiger partial charge in [-0.1, -0.05) is 13.8 Å². The van der Waals surface area contributed by atoms with Crippen molar-refractivity contribution in [3.63, 3.8) is 0 Å². The second kappa shape index (κ2) is 7.14. The molecule has 0 radical (unpaired) electrons. The van der Waals surface area contributed by atoms with Crippen molar-refractivity contribution in [2.75, 3.05) is 0 Å². The fourth-order valence-corrected chi connectivity index (χ4v) is 3.25. The molecular formula is C17H29NO. The van der Waals surface area contributed by atoms with Crippen molar-refractivity contribution in [1.82, 2.24) is 5.32 Å². The van der Waals surface area contributed by atoms with E-state index in [2.05, 4.69) is 32.2 Å². The lowest BCUT2D eigenvalue weighted by molar-refractivity contribution is 0.228. The van der Waals surface area contributed by atoms with E-state index in [1.54, 1.807) is 6.26 Å². The van der Waals surface area contributed by atoms with Crippen LogP contribution >= 0.6 is 0 Å². The Balaban J connectivity index is 1.64. The van der Waals surface area contributed by atoms with Crippen molar-refractivity contribution in [2.45, 2.75) is 71.4 Å². The summed E-state index contributed by atoms with van der Waals surface area (Å²) in [5.74, 6) is 2.92. The molecule has 0 spiro atoms. The van der Waals surface area contributed by atoms with Gasteiger partial charge in [0.25, 0.3) is 0 Å². The third kappa shape index (κ3) is 4.68. The van der Waals surface area contributed by atoms with Crippen LogP contribution in [0.4, 0.5) is 0 Å². The zero-order valence-corrected chi connectivity index (χ0v) is 12.7. The first kappa shape index (κ1) is 14.6. The van der Waals surface area contributed by atoms with E-state index in [-0.39, 0.29) is 0 Å². The Morgan fingerprint density at radius 1 is 1.21 bits per heavy atom. The first-order valence-corrected chi connectivity index (χ1v) is 7.93. The molecule has 1 fully saturated rings. The monoisotopic (exact) mass is 263 g/mol. The van der Waals surface area contributed by atoms with Gasteiger partial charge in [-0.3, -0.25) is 0 Å². The first-order chi connectivity index (χ1) is 9.15. The van der Waals surface area contributed by atoms with Crippen molar-refractivity contribution in [2.24, 2.45) is 11.8 Å². The van der Waals surface area contributed by atoms with E-state index in [4.69, 9.17) is 4.42 Å². The molecule has 2 heteroatoms. The summed E-state index contributed by atoms with van der Waals surface area (Å²) in [6.45, 7) is 7.03. The van der Waals surface area contributed by atoms with Gasteiger partial charge < -0.3 is 9.73 Å². The minimum Gasteiger partial charge on any atom is -0.469 e. The summed E-state index contributed by atoms with van der Waals surface area (Å²) >= 11 is 0. The molecular weight excluding hydrogens is 234 g/mol. The molecule has 1 aliphatic carbocycles. The van der Waals surface area contributed by atoms with Crippen molar-refractivity contribution in [3.8, 4) is 0 Å². The Morgan fingerprint density at radius 3 is 2.53 bits per heavy atom. The van der Waals surface area contributed by atoms with E-state index >= 15 is 0 Å². The van der Waals surface area contributed by atoms with Crippen molar-refractivity contribution < 1.29 is 4.42 Å². The molecule has 1 atom stereocenters. The molecule has 0 bridgehead atoms. The number of rotatable bonds is 6. The molecule has 1 unspecified atom stereocenters. The van der Waals surface area contributed by atoms with Crippen LogP contribution in [0.15, 0.2) is 22.8 Å². The van der Waals surface area contributed by atoms with Gasteiger partial charge in [0, 0.05) is 18.5 Å². The van der Waals surface area contributed by atoms with Crippen LogP contribution in [0, 0.1) is 11.8 Å². The fourth-order valence-electron chi connectivity index (χ4n) is 3.25. The molecule has 1 aliphatic rings. The second-order valence-electron chi connectivity index (χ2n) is 6.54. The lowest BCUT2D eigenvalue weighted by Gasteiger charge is -2.33. The second-order valence-corrected chi connectivity index (χ2v) is 6.54. The molecule has 1 saturated carbocycles. The van der Waals surface area contributed by atoms with Crippen LogP contribution in [-0.4, -0.2) is 12.1 Å². The number of nitrogens with one attached hydrogen (secondary N) is 1. The summed E-state index contributed by atoms with van der Waals surface area (Å²) < 4.78 is 5.39. The summed E-state index contributed by atoms with van der Waals surface area (Å²) in [7, 11) is 0.